The van der Waals surface area contributed by atoms with Crippen molar-refractivity contribution >= 4 is 40.6 Å². The minimum atomic E-state index is -3.06. The average molecular weight is 564 g/mol. The third-order valence-electron chi connectivity index (χ3n) is 7.93. The molecule has 0 unspecified atom stereocenters. The Hall–Kier alpha value is -4.85. The second kappa shape index (κ2) is 9.37. The van der Waals surface area contributed by atoms with Crippen LogP contribution in [0, 0.1) is 22.0 Å². The van der Waals surface area contributed by atoms with Gasteiger partial charge in [0.15, 0.2) is 11.4 Å². The number of non-ortho nitro benzene ring substituents is 1. The number of phenolic OH excluding ortho intramolecular Hbond substituents is 1. The van der Waals surface area contributed by atoms with Crippen LogP contribution in [0.25, 0.3) is 17.4 Å². The van der Waals surface area contributed by atoms with Crippen LogP contribution in [0.1, 0.15) is 16.7 Å². The van der Waals surface area contributed by atoms with Crippen molar-refractivity contribution in [3.8, 4) is 5.75 Å². The second-order valence-corrected chi connectivity index (χ2v) is 10.4. The van der Waals surface area contributed by atoms with Crippen LogP contribution in [0.3, 0.4) is 0 Å². The van der Waals surface area contributed by atoms with Crippen LogP contribution in [0.4, 0.5) is 5.69 Å². The van der Waals surface area contributed by atoms with E-state index >= 15 is 0 Å². The van der Waals surface area contributed by atoms with E-state index in [2.05, 4.69) is 0 Å². The Balaban J connectivity index is 1.85. The number of likely N-dealkylation sites (N-methyl/N-ethyl adjacent to an activating group) is 1. The van der Waals surface area contributed by atoms with E-state index in [1.165, 1.54) is 67.5 Å². The van der Waals surface area contributed by atoms with Gasteiger partial charge < -0.3 is 31.3 Å². The van der Waals surface area contributed by atoms with Crippen molar-refractivity contribution in [3.05, 3.63) is 86.2 Å². The smallest absolute Gasteiger partial charge is 0.270 e. The summed E-state index contributed by atoms with van der Waals surface area (Å²) in [4.78, 5) is 51.7. The lowest BCUT2D eigenvalue weighted by atomic mass is 9.55. The molecule has 0 heterocycles. The third kappa shape index (κ3) is 3.78. The molecule has 3 aliphatic carbocycles. The fourth-order valence-electron chi connectivity index (χ4n) is 6.22. The molecule has 5 atom stereocenters. The molecule has 5 rings (SSSR count). The molecule has 13 heteroatoms. The molecule has 2 aromatic carbocycles. The molecular weight excluding hydrogens is 538 g/mol. The Kier molecular flexibility index (Phi) is 6.33. The van der Waals surface area contributed by atoms with E-state index < -0.39 is 80.4 Å². The lowest BCUT2D eigenvalue weighted by molar-refractivity contribution is -0.384. The summed E-state index contributed by atoms with van der Waals surface area (Å²) >= 11 is 0. The summed E-state index contributed by atoms with van der Waals surface area (Å²) in [7, 11) is 2.80. The standard InChI is InChI=1S/C28H25N3O10/c1-30(2)21-20-23(34)17-14(10-11-5-3-6-12(9-11)31(40)41)13-7-4-8-15(32)16(13)22(33)18(17)25(36)28(20,39)26(37)19(24(21)35)27(29)38/h3-10,17,20-21,23,32-34,37,39H,1-2H3,(H2,29,38)/t17-,20-,21+,23+,28+/m1/s1. The van der Waals surface area contributed by atoms with Crippen LogP contribution >= 0.6 is 0 Å². The molecular formula is C28H25N3O10. The minimum absolute atomic E-state index is 0.126. The molecule has 7 N–H and O–H groups in total. The maximum Gasteiger partial charge on any atom is 0.270 e. The van der Waals surface area contributed by atoms with Crippen molar-refractivity contribution in [2.24, 2.45) is 17.6 Å². The number of aliphatic hydroxyl groups is 4. The number of hydrogen-bond donors (Lipinski definition) is 6. The SMILES string of the molecule is CN(C)[C@@H]1C(=O)C(C(N)=O)=C(O)[C@@]2(O)C(=O)C3=C(O)c4c(O)cccc4C(=Cc4cccc([N+](=O)[O-])c4)[C@H]3[C@H](O)[C@@H]12. The Morgan fingerprint density at radius 2 is 1.78 bits per heavy atom. The fourth-order valence-corrected chi connectivity index (χ4v) is 6.22. The molecule has 0 radical (unpaired) electrons. The van der Waals surface area contributed by atoms with Crippen molar-refractivity contribution in [2.45, 2.75) is 17.7 Å². The number of aromatic hydroxyl groups is 1. The number of amides is 1. The van der Waals surface area contributed by atoms with E-state index in [1.54, 1.807) is 0 Å². The van der Waals surface area contributed by atoms with Gasteiger partial charge in [-0.1, -0.05) is 30.3 Å². The number of ketones is 2. The molecule has 1 fully saturated rings. The summed E-state index contributed by atoms with van der Waals surface area (Å²) in [6.45, 7) is 0. The highest BCUT2D eigenvalue weighted by atomic mass is 16.6. The quantitative estimate of drug-likeness (QED) is 0.174. The van der Waals surface area contributed by atoms with E-state index in [4.69, 9.17) is 5.73 Å². The molecule has 13 nitrogen and oxygen atoms in total. The van der Waals surface area contributed by atoms with Gasteiger partial charge >= 0.3 is 0 Å². The number of carbonyl (C=O) groups excluding carboxylic acids is 3. The van der Waals surface area contributed by atoms with Gasteiger partial charge in [-0.15, -0.1) is 0 Å². The number of nitrogens with zero attached hydrogens (tertiary/aromatic N) is 2. The van der Waals surface area contributed by atoms with Gasteiger partial charge in [0, 0.05) is 18.1 Å². The molecule has 2 aromatic rings. The number of rotatable bonds is 4. The van der Waals surface area contributed by atoms with Crippen LogP contribution in [0.5, 0.6) is 5.75 Å². The number of primary amides is 1. The summed E-state index contributed by atoms with van der Waals surface area (Å²) in [5.74, 6) is -9.59. The Labute approximate surface area is 231 Å². The summed E-state index contributed by atoms with van der Waals surface area (Å²) in [6, 6.07) is 8.08. The number of aliphatic hydroxyl groups excluding tert-OH is 3. The molecule has 212 valence electrons. The normalized spacial score (nSPS) is 28.5. The van der Waals surface area contributed by atoms with E-state index in [9.17, 15) is 50.0 Å². The number of nitro benzene ring substituents is 1. The average Bonchev–Trinajstić information content (AvgIpc) is 2.90. The van der Waals surface area contributed by atoms with Gasteiger partial charge in [-0.2, -0.15) is 0 Å². The summed E-state index contributed by atoms with van der Waals surface area (Å²) in [6.07, 6.45) is -0.438. The number of fused-ring (bicyclic) bond motifs is 3. The zero-order valence-electron chi connectivity index (χ0n) is 21.7. The van der Waals surface area contributed by atoms with E-state index in [-0.39, 0.29) is 28.0 Å². The first-order valence-corrected chi connectivity index (χ1v) is 12.3. The topological polar surface area (TPSA) is 225 Å². The second-order valence-electron chi connectivity index (χ2n) is 10.4. The molecule has 0 bridgehead atoms. The molecule has 3 aliphatic rings. The van der Waals surface area contributed by atoms with Gasteiger partial charge in [-0.05, 0) is 36.9 Å². The number of phenols is 1. The first-order valence-electron chi connectivity index (χ1n) is 12.3. The summed E-state index contributed by atoms with van der Waals surface area (Å²) in [5, 5.41) is 68.0. The molecule has 1 saturated carbocycles. The number of benzene rings is 2. The predicted octanol–water partition coefficient (Wildman–Crippen LogP) is 0.841. The zero-order valence-corrected chi connectivity index (χ0v) is 21.7. The highest BCUT2D eigenvalue weighted by Gasteiger charge is 2.68. The predicted molar refractivity (Wildman–Crippen MR) is 143 cm³/mol. The van der Waals surface area contributed by atoms with Gasteiger partial charge in [0.05, 0.1) is 34.1 Å². The molecule has 0 saturated heterocycles. The van der Waals surface area contributed by atoms with Gasteiger partial charge in [-0.25, -0.2) is 0 Å². The number of hydrogen-bond acceptors (Lipinski definition) is 11. The highest BCUT2D eigenvalue weighted by Crippen LogP contribution is 2.56. The van der Waals surface area contributed by atoms with Crippen molar-refractivity contribution in [1.82, 2.24) is 4.90 Å². The van der Waals surface area contributed by atoms with Crippen LogP contribution in [-0.4, -0.2) is 84.7 Å². The Bertz CT molecular complexity index is 1660. The largest absolute Gasteiger partial charge is 0.508 e. The lowest BCUT2D eigenvalue weighted by Gasteiger charge is -2.53. The maximum absolute atomic E-state index is 14.1. The van der Waals surface area contributed by atoms with Crippen LogP contribution in [0.15, 0.2) is 59.4 Å². The van der Waals surface area contributed by atoms with E-state index in [0.29, 0.717) is 0 Å². The zero-order chi connectivity index (χ0) is 30.1. The van der Waals surface area contributed by atoms with Gasteiger partial charge in [-0.3, -0.25) is 29.4 Å². The van der Waals surface area contributed by atoms with Crippen LogP contribution in [-0.2, 0) is 14.4 Å². The van der Waals surface area contributed by atoms with Crippen molar-refractivity contribution < 1.29 is 44.8 Å². The Morgan fingerprint density at radius 1 is 1.12 bits per heavy atom. The lowest BCUT2D eigenvalue weighted by Crippen LogP contribution is -2.70. The maximum atomic E-state index is 14.1. The van der Waals surface area contributed by atoms with Crippen molar-refractivity contribution in [1.29, 1.82) is 0 Å². The van der Waals surface area contributed by atoms with Gasteiger partial charge in [0.1, 0.15) is 22.8 Å². The number of Topliss-reactive ketones (excluding diaryl/α,β-unsaturated/α-hetero) is 2. The van der Waals surface area contributed by atoms with Crippen molar-refractivity contribution in [3.63, 3.8) is 0 Å². The van der Waals surface area contributed by atoms with E-state index in [0.717, 1.165) is 0 Å². The van der Waals surface area contributed by atoms with Gasteiger partial charge in [0.2, 0.25) is 5.78 Å². The monoisotopic (exact) mass is 563 g/mol. The molecule has 1 amide bonds. The number of nitrogens with two attached hydrogens (primary N) is 1. The highest BCUT2D eigenvalue weighted by molar-refractivity contribution is 6.25. The van der Waals surface area contributed by atoms with E-state index in [1.807, 2.05) is 0 Å². The third-order valence-corrected chi connectivity index (χ3v) is 7.93. The summed E-state index contributed by atoms with van der Waals surface area (Å²) in [5.41, 5.74) is 0.715. The van der Waals surface area contributed by atoms with Crippen LogP contribution < -0.4 is 5.73 Å². The first-order chi connectivity index (χ1) is 19.2. The minimum Gasteiger partial charge on any atom is -0.508 e. The molecule has 0 aromatic heterocycles. The molecule has 0 aliphatic heterocycles. The number of carbonyl (C=O) groups is 3. The van der Waals surface area contributed by atoms with Crippen LogP contribution in [0.2, 0.25) is 0 Å². The Morgan fingerprint density at radius 3 is 2.39 bits per heavy atom. The fraction of sp³-hybridized carbons (Fsp3) is 0.250. The first kappa shape index (κ1) is 27.7. The molecule has 0 spiro atoms. The van der Waals surface area contributed by atoms with Crippen molar-refractivity contribution in [2.75, 3.05) is 14.1 Å². The summed E-state index contributed by atoms with van der Waals surface area (Å²) < 4.78 is 0. The number of nitro groups is 1. The molecule has 41 heavy (non-hydrogen) atoms. The van der Waals surface area contributed by atoms with Gasteiger partial charge in [0.25, 0.3) is 11.6 Å².